The van der Waals surface area contributed by atoms with E-state index in [2.05, 4.69) is 5.32 Å². The number of rotatable bonds is 5. The predicted octanol–water partition coefficient (Wildman–Crippen LogP) is 0.786. The van der Waals surface area contributed by atoms with Crippen LogP contribution in [0, 0.1) is 0 Å². The molecule has 1 amide bonds. The molecule has 94 valence electrons. The van der Waals surface area contributed by atoms with Gasteiger partial charge in [-0.25, -0.2) is 0 Å². The maximum absolute atomic E-state index is 11.7. The second-order valence-electron chi connectivity index (χ2n) is 4.13. The highest BCUT2D eigenvalue weighted by atomic mass is 16.3. The number of amides is 1. The molecule has 0 spiro atoms. The SMILES string of the molecule is CNCC(=O)N(C)[C@@H](C)[C@@H](O)c1ccccc1. The molecule has 2 N–H and O–H groups in total. The third-order valence-corrected chi connectivity index (χ3v) is 2.93. The van der Waals surface area contributed by atoms with Gasteiger partial charge in [-0.1, -0.05) is 30.3 Å². The highest BCUT2D eigenvalue weighted by Crippen LogP contribution is 2.19. The van der Waals surface area contributed by atoms with E-state index in [-0.39, 0.29) is 18.5 Å². The van der Waals surface area contributed by atoms with Crippen LogP contribution in [0.15, 0.2) is 30.3 Å². The molecular weight excluding hydrogens is 216 g/mol. The fourth-order valence-corrected chi connectivity index (χ4v) is 1.64. The molecule has 1 rings (SSSR count). The number of carbonyl (C=O) groups is 1. The number of nitrogens with zero attached hydrogens (tertiary/aromatic N) is 1. The van der Waals surface area contributed by atoms with Crippen LogP contribution in [0.3, 0.4) is 0 Å². The molecule has 2 atom stereocenters. The first kappa shape index (κ1) is 13.7. The van der Waals surface area contributed by atoms with Crippen molar-refractivity contribution in [3.05, 3.63) is 35.9 Å². The maximum Gasteiger partial charge on any atom is 0.236 e. The molecule has 0 saturated heterocycles. The third kappa shape index (κ3) is 3.54. The number of aliphatic hydroxyl groups excluding tert-OH is 1. The van der Waals surface area contributed by atoms with Crippen LogP contribution in [0.5, 0.6) is 0 Å². The molecule has 17 heavy (non-hydrogen) atoms. The lowest BCUT2D eigenvalue weighted by molar-refractivity contribution is -0.132. The van der Waals surface area contributed by atoms with Crippen LogP contribution < -0.4 is 5.32 Å². The zero-order valence-electron chi connectivity index (χ0n) is 10.6. The second-order valence-corrected chi connectivity index (χ2v) is 4.13. The molecule has 0 saturated carbocycles. The van der Waals surface area contributed by atoms with Crippen molar-refractivity contribution in [3.8, 4) is 0 Å². The van der Waals surface area contributed by atoms with Crippen LogP contribution in [0.25, 0.3) is 0 Å². The molecule has 0 unspecified atom stereocenters. The summed E-state index contributed by atoms with van der Waals surface area (Å²) in [4.78, 5) is 13.2. The Kier molecular flexibility index (Phi) is 5.12. The first-order valence-electron chi connectivity index (χ1n) is 5.71. The number of hydrogen-bond acceptors (Lipinski definition) is 3. The van der Waals surface area contributed by atoms with Gasteiger partial charge in [0, 0.05) is 7.05 Å². The van der Waals surface area contributed by atoms with Gasteiger partial charge < -0.3 is 15.3 Å². The van der Waals surface area contributed by atoms with Crippen molar-refractivity contribution in [1.29, 1.82) is 0 Å². The maximum atomic E-state index is 11.7. The van der Waals surface area contributed by atoms with Gasteiger partial charge in [-0.15, -0.1) is 0 Å². The van der Waals surface area contributed by atoms with E-state index in [0.29, 0.717) is 0 Å². The van der Waals surface area contributed by atoms with Crippen molar-refractivity contribution in [2.75, 3.05) is 20.6 Å². The topological polar surface area (TPSA) is 52.6 Å². The molecular formula is C13H20N2O2. The summed E-state index contributed by atoms with van der Waals surface area (Å²) in [7, 11) is 3.43. The smallest absolute Gasteiger partial charge is 0.236 e. The van der Waals surface area contributed by atoms with E-state index in [1.165, 1.54) is 0 Å². The van der Waals surface area contributed by atoms with Crippen LogP contribution in [0.1, 0.15) is 18.6 Å². The molecule has 4 nitrogen and oxygen atoms in total. The molecule has 1 aromatic carbocycles. The standard InChI is InChI=1S/C13H20N2O2/c1-10(15(3)12(16)9-14-2)13(17)11-7-5-4-6-8-11/h4-8,10,13-14,17H,9H2,1-3H3/t10-,13+/m0/s1. The van der Waals surface area contributed by atoms with Gasteiger partial charge in [0.05, 0.1) is 18.7 Å². The predicted molar refractivity (Wildman–Crippen MR) is 67.6 cm³/mol. The van der Waals surface area contributed by atoms with Gasteiger partial charge in [0.15, 0.2) is 0 Å². The van der Waals surface area contributed by atoms with Crippen molar-refractivity contribution < 1.29 is 9.90 Å². The fourth-order valence-electron chi connectivity index (χ4n) is 1.64. The van der Waals surface area contributed by atoms with Crippen LogP contribution in [0.2, 0.25) is 0 Å². The first-order chi connectivity index (χ1) is 8.07. The van der Waals surface area contributed by atoms with Gasteiger partial charge in [0.2, 0.25) is 5.91 Å². The Hall–Kier alpha value is -1.39. The van der Waals surface area contributed by atoms with Crippen molar-refractivity contribution in [3.63, 3.8) is 0 Å². The Morgan fingerprint density at radius 3 is 2.53 bits per heavy atom. The number of hydrogen-bond donors (Lipinski definition) is 2. The van der Waals surface area contributed by atoms with Crippen molar-refractivity contribution in [2.24, 2.45) is 0 Å². The molecule has 0 aliphatic rings. The first-order valence-corrected chi connectivity index (χ1v) is 5.71. The number of carbonyl (C=O) groups excluding carboxylic acids is 1. The van der Waals surface area contributed by atoms with Crippen molar-refractivity contribution >= 4 is 5.91 Å². The second kappa shape index (κ2) is 6.37. The molecule has 0 radical (unpaired) electrons. The van der Waals surface area contributed by atoms with Crippen LogP contribution in [-0.4, -0.2) is 42.6 Å². The van der Waals surface area contributed by atoms with Gasteiger partial charge in [-0.05, 0) is 19.5 Å². The summed E-state index contributed by atoms with van der Waals surface area (Å²) in [6, 6.07) is 9.12. The normalized spacial score (nSPS) is 14.1. The van der Waals surface area contributed by atoms with E-state index in [9.17, 15) is 9.90 Å². The summed E-state index contributed by atoms with van der Waals surface area (Å²) in [5.41, 5.74) is 0.823. The summed E-state index contributed by atoms with van der Waals surface area (Å²) < 4.78 is 0. The van der Waals surface area contributed by atoms with Crippen LogP contribution in [0.4, 0.5) is 0 Å². The van der Waals surface area contributed by atoms with Gasteiger partial charge in [-0.3, -0.25) is 4.79 Å². The number of aliphatic hydroxyl groups is 1. The number of likely N-dealkylation sites (N-methyl/N-ethyl adjacent to an activating group) is 2. The Morgan fingerprint density at radius 1 is 1.41 bits per heavy atom. The Balaban J connectivity index is 2.69. The lowest BCUT2D eigenvalue weighted by Gasteiger charge is -2.29. The molecule has 0 bridgehead atoms. The average Bonchev–Trinajstić information content (AvgIpc) is 2.37. The van der Waals surface area contributed by atoms with Crippen molar-refractivity contribution in [2.45, 2.75) is 19.1 Å². The van der Waals surface area contributed by atoms with E-state index in [0.717, 1.165) is 5.56 Å². The van der Waals surface area contributed by atoms with E-state index in [4.69, 9.17) is 0 Å². The molecule has 4 heteroatoms. The summed E-state index contributed by atoms with van der Waals surface area (Å²) >= 11 is 0. The number of benzene rings is 1. The van der Waals surface area contributed by atoms with Crippen LogP contribution >= 0.6 is 0 Å². The fraction of sp³-hybridized carbons (Fsp3) is 0.462. The van der Waals surface area contributed by atoms with Gasteiger partial charge in [-0.2, -0.15) is 0 Å². The zero-order chi connectivity index (χ0) is 12.8. The number of nitrogens with one attached hydrogen (secondary N) is 1. The summed E-state index contributed by atoms with van der Waals surface area (Å²) in [5, 5.41) is 13.0. The molecule has 0 aliphatic carbocycles. The monoisotopic (exact) mass is 236 g/mol. The molecule has 0 fully saturated rings. The molecule has 0 heterocycles. The lowest BCUT2D eigenvalue weighted by atomic mass is 10.0. The van der Waals surface area contributed by atoms with E-state index >= 15 is 0 Å². The Bertz CT molecular complexity index is 354. The minimum absolute atomic E-state index is 0.0324. The Labute approximate surface area is 102 Å². The third-order valence-electron chi connectivity index (χ3n) is 2.93. The zero-order valence-corrected chi connectivity index (χ0v) is 10.6. The largest absolute Gasteiger partial charge is 0.386 e. The Morgan fingerprint density at radius 2 is 2.00 bits per heavy atom. The summed E-state index contributed by atoms with van der Waals surface area (Å²) in [6.07, 6.45) is -0.665. The van der Waals surface area contributed by atoms with Gasteiger partial charge >= 0.3 is 0 Å². The van der Waals surface area contributed by atoms with Gasteiger partial charge in [0.1, 0.15) is 0 Å². The van der Waals surface area contributed by atoms with Gasteiger partial charge in [0.25, 0.3) is 0 Å². The highest BCUT2D eigenvalue weighted by Gasteiger charge is 2.23. The van der Waals surface area contributed by atoms with Crippen molar-refractivity contribution in [1.82, 2.24) is 10.2 Å². The lowest BCUT2D eigenvalue weighted by Crippen LogP contribution is -2.42. The minimum Gasteiger partial charge on any atom is -0.386 e. The summed E-state index contributed by atoms with van der Waals surface area (Å²) in [6.45, 7) is 2.12. The molecule has 0 aliphatic heterocycles. The van der Waals surface area contributed by atoms with E-state index in [1.807, 2.05) is 37.3 Å². The molecule has 1 aromatic rings. The highest BCUT2D eigenvalue weighted by molar-refractivity contribution is 5.78. The average molecular weight is 236 g/mol. The minimum atomic E-state index is -0.665. The quantitative estimate of drug-likeness (QED) is 0.794. The molecule has 0 aromatic heterocycles. The van der Waals surface area contributed by atoms with E-state index < -0.39 is 6.10 Å². The van der Waals surface area contributed by atoms with Crippen LogP contribution in [-0.2, 0) is 4.79 Å². The summed E-state index contributed by atoms with van der Waals surface area (Å²) in [5.74, 6) is -0.0324. The van der Waals surface area contributed by atoms with E-state index in [1.54, 1.807) is 19.0 Å².